The Morgan fingerprint density at radius 3 is 2.50 bits per heavy atom. The van der Waals surface area contributed by atoms with Crippen LogP contribution in [0.15, 0.2) is 35.2 Å². The first kappa shape index (κ1) is 20.3. The highest BCUT2D eigenvalue weighted by Crippen LogP contribution is 2.35. The number of imide groups is 1. The second kappa shape index (κ2) is 8.30. The summed E-state index contributed by atoms with van der Waals surface area (Å²) in [5.74, 6) is -0.673. The van der Waals surface area contributed by atoms with E-state index in [4.69, 9.17) is 0 Å². The molecule has 0 aromatic heterocycles. The number of sulfone groups is 1. The van der Waals surface area contributed by atoms with E-state index in [2.05, 4.69) is 10.6 Å². The molecule has 0 bridgehead atoms. The highest BCUT2D eigenvalue weighted by molar-refractivity contribution is 7.91. The van der Waals surface area contributed by atoms with Crippen LogP contribution in [-0.4, -0.2) is 55.5 Å². The van der Waals surface area contributed by atoms with Crippen molar-refractivity contribution < 1.29 is 22.8 Å². The molecule has 4 amide bonds. The standard InChI is InChI=1S/C19H25N3O5S/c23-16(20-12-14-28(26,27)15-7-2-1-3-8-15)9-6-13-22-17(24)19(21-18(22)25)10-4-5-11-19/h1-3,7-8H,4-6,9-14H2,(H,20,23)(H,21,25). The maximum absolute atomic E-state index is 12.5. The first-order valence-corrected chi connectivity index (χ1v) is 11.2. The third kappa shape index (κ3) is 4.35. The summed E-state index contributed by atoms with van der Waals surface area (Å²) < 4.78 is 24.3. The van der Waals surface area contributed by atoms with Crippen molar-refractivity contribution in [2.75, 3.05) is 18.8 Å². The van der Waals surface area contributed by atoms with Crippen LogP contribution in [-0.2, 0) is 19.4 Å². The van der Waals surface area contributed by atoms with Crippen LogP contribution in [0, 0.1) is 0 Å². The highest BCUT2D eigenvalue weighted by atomic mass is 32.2. The molecule has 1 aromatic rings. The zero-order valence-electron chi connectivity index (χ0n) is 15.6. The summed E-state index contributed by atoms with van der Waals surface area (Å²) >= 11 is 0. The number of hydrogen-bond acceptors (Lipinski definition) is 5. The highest BCUT2D eigenvalue weighted by Gasteiger charge is 2.51. The predicted octanol–water partition coefficient (Wildman–Crippen LogP) is 1.22. The summed E-state index contributed by atoms with van der Waals surface area (Å²) in [6.45, 7) is 0.199. The van der Waals surface area contributed by atoms with Gasteiger partial charge < -0.3 is 10.6 Å². The van der Waals surface area contributed by atoms with Crippen molar-refractivity contribution in [2.45, 2.75) is 49.0 Å². The van der Waals surface area contributed by atoms with Crippen LogP contribution >= 0.6 is 0 Å². The molecule has 1 spiro atoms. The summed E-state index contributed by atoms with van der Waals surface area (Å²) in [6.07, 6.45) is 3.65. The minimum absolute atomic E-state index is 0.0162. The van der Waals surface area contributed by atoms with Crippen molar-refractivity contribution in [1.29, 1.82) is 0 Å². The van der Waals surface area contributed by atoms with Gasteiger partial charge in [-0.1, -0.05) is 31.0 Å². The van der Waals surface area contributed by atoms with Crippen LogP contribution in [0.2, 0.25) is 0 Å². The van der Waals surface area contributed by atoms with Crippen LogP contribution in [0.4, 0.5) is 4.79 Å². The molecule has 0 radical (unpaired) electrons. The topological polar surface area (TPSA) is 113 Å². The number of rotatable bonds is 8. The molecule has 2 N–H and O–H groups in total. The Morgan fingerprint density at radius 1 is 1.14 bits per heavy atom. The molecule has 2 aliphatic rings. The maximum atomic E-state index is 12.5. The quantitative estimate of drug-likeness (QED) is 0.629. The first-order chi connectivity index (χ1) is 13.3. The number of carbonyl (C=O) groups excluding carboxylic acids is 3. The number of benzene rings is 1. The normalized spacial score (nSPS) is 18.5. The van der Waals surface area contributed by atoms with Crippen molar-refractivity contribution in [3.8, 4) is 0 Å². The molecule has 1 aromatic carbocycles. The average Bonchev–Trinajstić information content (AvgIpc) is 3.23. The number of urea groups is 1. The minimum Gasteiger partial charge on any atom is -0.355 e. The largest absolute Gasteiger partial charge is 0.355 e. The van der Waals surface area contributed by atoms with Gasteiger partial charge in [0, 0.05) is 19.5 Å². The Morgan fingerprint density at radius 2 is 1.82 bits per heavy atom. The lowest BCUT2D eigenvalue weighted by molar-refractivity contribution is -0.131. The fraction of sp³-hybridized carbons (Fsp3) is 0.526. The van der Waals surface area contributed by atoms with E-state index in [-0.39, 0.29) is 48.0 Å². The predicted molar refractivity (Wildman–Crippen MR) is 102 cm³/mol. The van der Waals surface area contributed by atoms with Gasteiger partial charge in [-0.2, -0.15) is 0 Å². The maximum Gasteiger partial charge on any atom is 0.325 e. The molecule has 1 saturated carbocycles. The first-order valence-electron chi connectivity index (χ1n) is 9.53. The van der Waals surface area contributed by atoms with Crippen molar-refractivity contribution in [2.24, 2.45) is 0 Å². The van der Waals surface area contributed by atoms with Crippen molar-refractivity contribution >= 4 is 27.7 Å². The molecule has 8 nitrogen and oxygen atoms in total. The van der Waals surface area contributed by atoms with Gasteiger partial charge in [0.15, 0.2) is 9.84 Å². The molecule has 152 valence electrons. The molecule has 1 saturated heterocycles. The monoisotopic (exact) mass is 407 g/mol. The van der Waals surface area contributed by atoms with Crippen molar-refractivity contribution in [1.82, 2.24) is 15.5 Å². The van der Waals surface area contributed by atoms with Gasteiger partial charge in [0.05, 0.1) is 10.6 Å². The van der Waals surface area contributed by atoms with Crippen LogP contribution in [0.5, 0.6) is 0 Å². The van der Waals surface area contributed by atoms with Gasteiger partial charge in [0.1, 0.15) is 5.54 Å². The number of nitrogens with zero attached hydrogens (tertiary/aromatic N) is 1. The van der Waals surface area contributed by atoms with Crippen LogP contribution in [0.3, 0.4) is 0 Å². The number of nitrogens with one attached hydrogen (secondary N) is 2. The Kier molecular flexibility index (Phi) is 6.02. The van der Waals surface area contributed by atoms with Gasteiger partial charge in [-0.25, -0.2) is 13.2 Å². The van der Waals surface area contributed by atoms with E-state index >= 15 is 0 Å². The smallest absolute Gasteiger partial charge is 0.325 e. The molecular weight excluding hydrogens is 382 g/mol. The third-order valence-corrected chi connectivity index (χ3v) is 7.02. The lowest BCUT2D eigenvalue weighted by atomic mass is 9.98. The molecule has 1 heterocycles. The van der Waals surface area contributed by atoms with Gasteiger partial charge in [-0.15, -0.1) is 0 Å². The zero-order chi connectivity index (χ0) is 20.2. The minimum atomic E-state index is -3.44. The molecule has 9 heteroatoms. The van der Waals surface area contributed by atoms with Crippen molar-refractivity contribution in [3.05, 3.63) is 30.3 Å². The Hall–Kier alpha value is -2.42. The second-order valence-electron chi connectivity index (χ2n) is 7.26. The zero-order valence-corrected chi connectivity index (χ0v) is 16.5. The summed E-state index contributed by atoms with van der Waals surface area (Å²) in [5, 5.41) is 5.39. The number of carbonyl (C=O) groups is 3. The van der Waals surface area contributed by atoms with Gasteiger partial charge in [-0.05, 0) is 31.4 Å². The molecule has 28 heavy (non-hydrogen) atoms. The van der Waals surface area contributed by atoms with Crippen LogP contribution < -0.4 is 10.6 Å². The second-order valence-corrected chi connectivity index (χ2v) is 9.37. The summed E-state index contributed by atoms with van der Waals surface area (Å²) in [6, 6.07) is 7.69. The number of amides is 4. The lowest BCUT2D eigenvalue weighted by Crippen LogP contribution is -2.44. The summed E-state index contributed by atoms with van der Waals surface area (Å²) in [7, 11) is -3.44. The average molecular weight is 407 g/mol. The third-order valence-electron chi connectivity index (χ3n) is 5.28. The van der Waals surface area contributed by atoms with Crippen LogP contribution in [0.25, 0.3) is 0 Å². The fourth-order valence-corrected chi connectivity index (χ4v) is 4.93. The van der Waals surface area contributed by atoms with E-state index in [1.54, 1.807) is 18.2 Å². The van der Waals surface area contributed by atoms with E-state index in [0.717, 1.165) is 12.8 Å². The summed E-state index contributed by atoms with van der Waals surface area (Å²) in [4.78, 5) is 37.9. The molecular formula is C19H25N3O5S. The fourth-order valence-electron chi connectivity index (χ4n) is 3.75. The number of hydrogen-bond donors (Lipinski definition) is 2. The Labute approximate surface area is 164 Å². The molecule has 1 aliphatic carbocycles. The van der Waals surface area contributed by atoms with E-state index in [9.17, 15) is 22.8 Å². The Balaban J connectivity index is 1.39. The van der Waals surface area contributed by atoms with Crippen LogP contribution in [0.1, 0.15) is 38.5 Å². The molecule has 3 rings (SSSR count). The SMILES string of the molecule is O=C(CCCN1C(=O)NC2(CCCC2)C1=O)NCCS(=O)(=O)c1ccccc1. The van der Waals surface area contributed by atoms with Crippen molar-refractivity contribution in [3.63, 3.8) is 0 Å². The Bertz CT molecular complexity index is 848. The van der Waals surface area contributed by atoms with E-state index in [1.165, 1.54) is 17.0 Å². The van der Waals surface area contributed by atoms with Gasteiger partial charge in [0.2, 0.25) is 5.91 Å². The van der Waals surface area contributed by atoms with Gasteiger partial charge >= 0.3 is 6.03 Å². The molecule has 2 fully saturated rings. The lowest BCUT2D eigenvalue weighted by Gasteiger charge is -2.19. The summed E-state index contributed by atoms with van der Waals surface area (Å²) in [5.41, 5.74) is -0.731. The van der Waals surface area contributed by atoms with Gasteiger partial charge in [0.25, 0.3) is 5.91 Å². The van der Waals surface area contributed by atoms with Gasteiger partial charge in [-0.3, -0.25) is 14.5 Å². The van der Waals surface area contributed by atoms with E-state index < -0.39 is 15.4 Å². The molecule has 1 aliphatic heterocycles. The van der Waals surface area contributed by atoms with E-state index in [0.29, 0.717) is 19.3 Å². The molecule has 0 unspecified atom stereocenters. The molecule has 0 atom stereocenters. The van der Waals surface area contributed by atoms with E-state index in [1.807, 2.05) is 0 Å².